The third-order valence-electron chi connectivity index (χ3n) is 7.40. The van der Waals surface area contributed by atoms with Gasteiger partial charge in [-0.2, -0.15) is 0 Å². The number of nitrogens with zero attached hydrogens (tertiary/aromatic N) is 4. The van der Waals surface area contributed by atoms with Crippen LogP contribution < -0.4 is 16.0 Å². The lowest BCUT2D eigenvalue weighted by molar-refractivity contribution is -0.119. The number of primary amides is 1. The van der Waals surface area contributed by atoms with Crippen molar-refractivity contribution < 1.29 is 9.59 Å². The molecular weight excluding hydrogens is 442 g/mol. The van der Waals surface area contributed by atoms with E-state index in [1.165, 1.54) is 0 Å². The SMILES string of the molecule is CN1CCN(c2ccc(C(=O)Nc3c[nH]c4ncnc(C5CCCC(CC(N)=O)C5)c34)cc2)CC1. The molecule has 2 unspecified atom stereocenters. The van der Waals surface area contributed by atoms with Gasteiger partial charge in [0, 0.05) is 56.0 Å². The Labute approximate surface area is 205 Å². The van der Waals surface area contributed by atoms with Gasteiger partial charge in [0.15, 0.2) is 0 Å². The number of anilines is 2. The highest BCUT2D eigenvalue weighted by Gasteiger charge is 2.28. The minimum Gasteiger partial charge on any atom is -0.370 e. The van der Waals surface area contributed by atoms with Crippen molar-refractivity contribution in [3.8, 4) is 0 Å². The number of piperazine rings is 1. The van der Waals surface area contributed by atoms with Crippen LogP contribution in [0.25, 0.3) is 11.0 Å². The molecule has 1 aliphatic carbocycles. The van der Waals surface area contributed by atoms with E-state index < -0.39 is 0 Å². The number of H-pyrrole nitrogens is 1. The van der Waals surface area contributed by atoms with Crippen molar-refractivity contribution in [2.24, 2.45) is 11.7 Å². The van der Waals surface area contributed by atoms with Crippen LogP contribution in [0.4, 0.5) is 11.4 Å². The Morgan fingerprint density at radius 2 is 1.89 bits per heavy atom. The molecule has 0 radical (unpaired) electrons. The summed E-state index contributed by atoms with van der Waals surface area (Å²) in [6.45, 7) is 4.05. The predicted molar refractivity (Wildman–Crippen MR) is 137 cm³/mol. The lowest BCUT2D eigenvalue weighted by atomic mass is 9.77. The number of likely N-dealkylation sites (N-methyl/N-ethyl adjacent to an activating group) is 1. The Bertz CT molecular complexity index is 1200. The van der Waals surface area contributed by atoms with Crippen LogP contribution in [0.15, 0.2) is 36.8 Å². The maximum absolute atomic E-state index is 13.1. The molecule has 3 heterocycles. The summed E-state index contributed by atoms with van der Waals surface area (Å²) in [4.78, 5) is 41.4. The smallest absolute Gasteiger partial charge is 0.255 e. The van der Waals surface area contributed by atoms with Gasteiger partial charge < -0.3 is 25.8 Å². The summed E-state index contributed by atoms with van der Waals surface area (Å²) in [5.74, 6) is 0.0533. The fourth-order valence-corrected chi connectivity index (χ4v) is 5.49. The summed E-state index contributed by atoms with van der Waals surface area (Å²) in [6.07, 6.45) is 7.65. The monoisotopic (exact) mass is 475 g/mol. The molecule has 0 spiro atoms. The fourth-order valence-electron chi connectivity index (χ4n) is 5.49. The lowest BCUT2D eigenvalue weighted by Gasteiger charge is -2.34. The van der Waals surface area contributed by atoms with E-state index in [9.17, 15) is 9.59 Å². The highest BCUT2D eigenvalue weighted by molar-refractivity contribution is 6.09. The number of aromatic amines is 1. The predicted octanol–water partition coefficient (Wildman–Crippen LogP) is 3.11. The van der Waals surface area contributed by atoms with Crippen LogP contribution in [0, 0.1) is 5.92 Å². The van der Waals surface area contributed by atoms with E-state index >= 15 is 0 Å². The molecule has 1 saturated heterocycles. The second-order valence-electron chi connectivity index (χ2n) is 9.88. The van der Waals surface area contributed by atoms with E-state index in [-0.39, 0.29) is 23.7 Å². The number of nitrogens with one attached hydrogen (secondary N) is 2. The van der Waals surface area contributed by atoms with Gasteiger partial charge in [-0.1, -0.05) is 6.42 Å². The maximum Gasteiger partial charge on any atom is 0.255 e. The summed E-state index contributed by atoms with van der Waals surface area (Å²) in [5, 5.41) is 3.91. The first-order chi connectivity index (χ1) is 17.0. The van der Waals surface area contributed by atoms with Gasteiger partial charge in [0.2, 0.25) is 5.91 Å². The molecule has 2 amide bonds. The van der Waals surface area contributed by atoms with Crippen LogP contribution in [-0.4, -0.2) is 64.9 Å². The zero-order valence-electron chi connectivity index (χ0n) is 20.2. The van der Waals surface area contributed by atoms with Crippen LogP contribution in [0.5, 0.6) is 0 Å². The number of benzene rings is 1. The first kappa shape index (κ1) is 23.3. The molecule has 1 aromatic carbocycles. The topological polar surface area (TPSA) is 120 Å². The van der Waals surface area contributed by atoms with Crippen LogP contribution in [0.3, 0.4) is 0 Å². The number of aromatic nitrogens is 3. The first-order valence-electron chi connectivity index (χ1n) is 12.4. The molecule has 5 rings (SSSR count). The Morgan fingerprint density at radius 3 is 2.63 bits per heavy atom. The lowest BCUT2D eigenvalue weighted by Crippen LogP contribution is -2.44. The first-order valence-corrected chi connectivity index (χ1v) is 12.4. The van der Waals surface area contributed by atoms with Crippen LogP contribution in [-0.2, 0) is 4.79 Å². The number of carbonyl (C=O) groups excluding carboxylic acids is 2. The van der Waals surface area contributed by atoms with Gasteiger partial charge in [0.05, 0.1) is 16.8 Å². The molecule has 4 N–H and O–H groups in total. The van der Waals surface area contributed by atoms with Crippen molar-refractivity contribution in [3.63, 3.8) is 0 Å². The molecule has 9 nitrogen and oxygen atoms in total. The highest BCUT2D eigenvalue weighted by Crippen LogP contribution is 2.40. The summed E-state index contributed by atoms with van der Waals surface area (Å²) < 4.78 is 0. The Balaban J connectivity index is 1.33. The van der Waals surface area contributed by atoms with Crippen LogP contribution in [0.2, 0.25) is 0 Å². The molecule has 2 aliphatic rings. The van der Waals surface area contributed by atoms with Gasteiger partial charge in [-0.3, -0.25) is 9.59 Å². The van der Waals surface area contributed by atoms with Gasteiger partial charge in [0.1, 0.15) is 12.0 Å². The molecular formula is C26H33N7O2. The number of amides is 2. The number of rotatable bonds is 6. The summed E-state index contributed by atoms with van der Waals surface area (Å²) >= 11 is 0. The zero-order valence-corrected chi connectivity index (χ0v) is 20.2. The standard InChI is InChI=1S/C26H33N7O2/c1-32-9-11-33(12-10-32)20-7-5-18(6-8-20)26(35)31-21-15-28-25-23(21)24(29-16-30-25)19-4-2-3-17(13-19)14-22(27)34/h5-8,15-17,19H,2-4,9-14H2,1H3,(H2,27,34)(H,31,35)(H,28,29,30). The van der Waals surface area contributed by atoms with Gasteiger partial charge in [-0.25, -0.2) is 9.97 Å². The number of hydrogen-bond acceptors (Lipinski definition) is 6. The van der Waals surface area contributed by atoms with E-state index in [0.717, 1.165) is 68.6 Å². The molecule has 184 valence electrons. The Kier molecular flexibility index (Phi) is 6.68. The normalized spacial score (nSPS) is 21.2. The van der Waals surface area contributed by atoms with Crippen LogP contribution in [0.1, 0.15) is 54.1 Å². The fraction of sp³-hybridized carbons (Fsp3) is 0.462. The molecule has 9 heteroatoms. The number of fused-ring (bicyclic) bond motifs is 1. The van der Waals surface area contributed by atoms with Crippen LogP contribution >= 0.6 is 0 Å². The zero-order chi connectivity index (χ0) is 24.4. The molecule has 2 aromatic heterocycles. The molecule has 35 heavy (non-hydrogen) atoms. The molecule has 2 atom stereocenters. The van der Waals surface area contributed by atoms with Crippen molar-refractivity contribution in [2.75, 3.05) is 43.4 Å². The van der Waals surface area contributed by atoms with Crippen molar-refractivity contribution in [2.45, 2.75) is 38.0 Å². The average molecular weight is 476 g/mol. The van der Waals surface area contributed by atoms with Gasteiger partial charge in [-0.15, -0.1) is 0 Å². The second kappa shape index (κ2) is 10.0. The maximum atomic E-state index is 13.1. The van der Waals surface area contributed by atoms with Gasteiger partial charge in [-0.05, 0) is 56.5 Å². The Hall–Kier alpha value is -3.46. The van der Waals surface area contributed by atoms with Crippen molar-refractivity contribution in [3.05, 3.63) is 48.0 Å². The molecule has 3 aromatic rings. The quantitative estimate of drug-likeness (QED) is 0.504. The number of nitrogens with two attached hydrogens (primary N) is 1. The molecule has 2 fully saturated rings. The molecule has 0 bridgehead atoms. The summed E-state index contributed by atoms with van der Waals surface area (Å²) in [7, 11) is 2.14. The second-order valence-corrected chi connectivity index (χ2v) is 9.88. The largest absolute Gasteiger partial charge is 0.370 e. The summed E-state index contributed by atoms with van der Waals surface area (Å²) in [5.41, 5.74) is 9.50. The molecule has 1 saturated carbocycles. The van der Waals surface area contributed by atoms with E-state index in [1.54, 1.807) is 12.5 Å². The Morgan fingerprint density at radius 1 is 1.11 bits per heavy atom. The van der Waals surface area contributed by atoms with Gasteiger partial charge >= 0.3 is 0 Å². The number of hydrogen-bond donors (Lipinski definition) is 3. The van der Waals surface area contributed by atoms with Gasteiger partial charge in [0.25, 0.3) is 5.91 Å². The van der Waals surface area contributed by atoms with E-state index in [4.69, 9.17) is 5.73 Å². The van der Waals surface area contributed by atoms with E-state index in [0.29, 0.717) is 23.3 Å². The van der Waals surface area contributed by atoms with E-state index in [1.807, 2.05) is 24.3 Å². The highest BCUT2D eigenvalue weighted by atomic mass is 16.2. The minimum atomic E-state index is -0.253. The average Bonchev–Trinajstić information content (AvgIpc) is 3.27. The van der Waals surface area contributed by atoms with Crippen molar-refractivity contribution in [1.29, 1.82) is 0 Å². The van der Waals surface area contributed by atoms with Crippen molar-refractivity contribution in [1.82, 2.24) is 19.9 Å². The third kappa shape index (κ3) is 5.14. The minimum absolute atomic E-state index is 0.166. The van der Waals surface area contributed by atoms with Crippen molar-refractivity contribution >= 4 is 34.2 Å². The third-order valence-corrected chi connectivity index (χ3v) is 7.40. The van der Waals surface area contributed by atoms with E-state index in [2.05, 4.69) is 37.1 Å². The number of carbonyl (C=O) groups is 2. The molecule has 1 aliphatic heterocycles. The summed E-state index contributed by atoms with van der Waals surface area (Å²) in [6, 6.07) is 7.80.